The highest BCUT2D eigenvalue weighted by molar-refractivity contribution is 7.47. The maximum atomic E-state index is 12.6. The van der Waals surface area contributed by atoms with Crippen LogP contribution in [0, 0.1) is 5.92 Å². The Balaban J connectivity index is 4.72. The number of aliphatic hydroxyl groups excluding tert-OH is 2. The Morgan fingerprint density at radius 1 is 0.621 bits per heavy atom. The third-order valence-electron chi connectivity index (χ3n) is 8.12. The topological polar surface area (TPSA) is 216 Å². The summed E-state index contributed by atoms with van der Waals surface area (Å²) in [5.74, 6) is -0.425. The molecule has 334 valence electrons. The van der Waals surface area contributed by atoms with Crippen LogP contribution in [-0.2, 0) is 41.8 Å². The zero-order chi connectivity index (χ0) is 43.3. The summed E-state index contributed by atoms with van der Waals surface area (Å²) < 4.78 is 47.5. The van der Waals surface area contributed by atoms with Gasteiger partial charge in [-0.2, -0.15) is 0 Å². The lowest BCUT2D eigenvalue weighted by Gasteiger charge is -2.20. The van der Waals surface area contributed by atoms with E-state index in [0.717, 1.165) is 44.4 Å². The number of phosphoric ester groups is 2. The summed E-state index contributed by atoms with van der Waals surface area (Å²) >= 11 is 0. The highest BCUT2D eigenvalue weighted by atomic mass is 31.2. The van der Waals surface area contributed by atoms with E-state index in [-0.39, 0.29) is 12.8 Å². The van der Waals surface area contributed by atoms with Crippen molar-refractivity contribution in [3.8, 4) is 0 Å². The van der Waals surface area contributed by atoms with Gasteiger partial charge in [-0.15, -0.1) is 0 Å². The number of ether oxygens (including phenoxy) is 2. The average molecular weight is 863 g/mol. The lowest BCUT2D eigenvalue weighted by Crippen LogP contribution is -2.29. The average Bonchev–Trinajstić information content (AvgIpc) is 3.16. The number of esters is 2. The van der Waals surface area contributed by atoms with Crippen LogP contribution in [0.2, 0.25) is 0 Å². The van der Waals surface area contributed by atoms with E-state index in [4.69, 9.17) is 23.8 Å². The number of carbonyl (C=O) groups excluding carboxylic acids is 2. The van der Waals surface area contributed by atoms with Crippen molar-refractivity contribution in [1.82, 2.24) is 0 Å². The molecule has 0 saturated carbocycles. The van der Waals surface area contributed by atoms with Gasteiger partial charge in [-0.05, 0) is 50.9 Å². The van der Waals surface area contributed by atoms with E-state index < -0.39 is 72.3 Å². The van der Waals surface area contributed by atoms with Crippen molar-refractivity contribution in [2.45, 2.75) is 148 Å². The predicted molar refractivity (Wildman–Crippen MR) is 226 cm³/mol. The van der Waals surface area contributed by atoms with Crippen LogP contribution >= 0.6 is 15.6 Å². The van der Waals surface area contributed by atoms with E-state index >= 15 is 0 Å². The summed E-state index contributed by atoms with van der Waals surface area (Å²) in [6.07, 6.45) is 34.1. The largest absolute Gasteiger partial charge is 0.472 e. The van der Waals surface area contributed by atoms with E-state index in [0.29, 0.717) is 25.7 Å². The third-order valence-corrected chi connectivity index (χ3v) is 9.56. The first-order valence-electron chi connectivity index (χ1n) is 20.6. The van der Waals surface area contributed by atoms with Crippen molar-refractivity contribution >= 4 is 27.6 Å². The fourth-order valence-electron chi connectivity index (χ4n) is 4.99. The number of hydrogen-bond acceptors (Lipinski definition) is 11. The van der Waals surface area contributed by atoms with Crippen LogP contribution in [0.3, 0.4) is 0 Å². The standard InChI is InChI=1S/C42H72O14P2/c1-4-5-23-29-38(43)30-25-20-16-11-9-7-6-8-10-12-18-22-27-32-42(46)56-40(36-55-58(50,51)54-34-39(44)33-53-57(47,48)49)35-52-41(45)31-26-21-17-14-13-15-19-24-28-37(2)3/h5,7-10,16,18,20,22-23,25,30,37-40,43-44H,4,6,11-15,17,19,21,24,26-29,31-36H2,1-3H3,(H,50,51)(H2,47,48,49)/b9-7-,10-8-,20-16+,22-18-,23-5-,30-25+/t38?,39-,40+/m0/s1. The van der Waals surface area contributed by atoms with Gasteiger partial charge in [0.1, 0.15) is 12.7 Å². The predicted octanol–water partition coefficient (Wildman–Crippen LogP) is 9.05. The zero-order valence-corrected chi connectivity index (χ0v) is 36.7. The third kappa shape index (κ3) is 40.3. The molecule has 14 nitrogen and oxygen atoms in total. The molecule has 58 heavy (non-hydrogen) atoms. The molecule has 0 aromatic carbocycles. The molecule has 16 heteroatoms. The molecule has 0 aromatic heterocycles. The Hall–Kier alpha value is -2.48. The smallest absolute Gasteiger partial charge is 0.462 e. The van der Waals surface area contributed by atoms with Gasteiger partial charge in [-0.1, -0.05) is 145 Å². The van der Waals surface area contributed by atoms with E-state index in [1.54, 1.807) is 6.08 Å². The molecule has 0 fully saturated rings. The van der Waals surface area contributed by atoms with Crippen LogP contribution in [-0.4, -0.2) is 81.6 Å². The maximum absolute atomic E-state index is 12.6. The lowest BCUT2D eigenvalue weighted by molar-refractivity contribution is -0.161. The van der Waals surface area contributed by atoms with Crippen molar-refractivity contribution in [3.63, 3.8) is 0 Å². The summed E-state index contributed by atoms with van der Waals surface area (Å²) in [6.45, 7) is 3.69. The Morgan fingerprint density at radius 3 is 1.81 bits per heavy atom. The zero-order valence-electron chi connectivity index (χ0n) is 34.9. The Morgan fingerprint density at radius 2 is 1.19 bits per heavy atom. The van der Waals surface area contributed by atoms with Gasteiger partial charge in [0.25, 0.3) is 0 Å². The molecule has 2 unspecified atom stereocenters. The lowest BCUT2D eigenvalue weighted by atomic mass is 10.0. The number of aliphatic hydroxyl groups is 2. The monoisotopic (exact) mass is 862 g/mol. The summed E-state index contributed by atoms with van der Waals surface area (Å²) in [6, 6.07) is 0. The fourth-order valence-corrected chi connectivity index (χ4v) is 6.15. The van der Waals surface area contributed by atoms with Crippen LogP contribution in [0.4, 0.5) is 0 Å². The maximum Gasteiger partial charge on any atom is 0.472 e. The molecule has 0 spiro atoms. The molecular weight excluding hydrogens is 790 g/mol. The minimum absolute atomic E-state index is 0.0122. The SMILES string of the molecule is CC/C=C\CC(O)/C=C/C=C/C/C=C\C/C=C\C/C=C\CCC(=O)O[C@H](COC(=O)CCCCCCCCCCC(C)C)COP(=O)(O)OC[C@@H](O)COP(=O)(O)O. The van der Waals surface area contributed by atoms with Gasteiger partial charge in [0, 0.05) is 12.8 Å². The number of hydrogen-bond donors (Lipinski definition) is 5. The molecule has 0 rings (SSSR count). The molecule has 0 aliphatic heterocycles. The summed E-state index contributed by atoms with van der Waals surface area (Å²) in [5.41, 5.74) is 0. The van der Waals surface area contributed by atoms with Crippen LogP contribution in [0.15, 0.2) is 72.9 Å². The summed E-state index contributed by atoms with van der Waals surface area (Å²) in [5, 5.41) is 19.6. The number of allylic oxidation sites excluding steroid dienone is 10. The van der Waals surface area contributed by atoms with Gasteiger partial charge < -0.3 is 34.4 Å². The van der Waals surface area contributed by atoms with Crippen molar-refractivity contribution in [3.05, 3.63) is 72.9 Å². The van der Waals surface area contributed by atoms with E-state index in [9.17, 15) is 33.8 Å². The highest BCUT2D eigenvalue weighted by Gasteiger charge is 2.28. The van der Waals surface area contributed by atoms with Crippen LogP contribution in [0.25, 0.3) is 0 Å². The van der Waals surface area contributed by atoms with Crippen molar-refractivity contribution < 1.29 is 66.7 Å². The van der Waals surface area contributed by atoms with Gasteiger partial charge in [-0.25, -0.2) is 9.13 Å². The molecule has 0 aliphatic carbocycles. The number of phosphoric acid groups is 2. The van der Waals surface area contributed by atoms with E-state index in [1.165, 1.54) is 32.1 Å². The minimum Gasteiger partial charge on any atom is -0.462 e. The van der Waals surface area contributed by atoms with Crippen molar-refractivity contribution in [2.24, 2.45) is 5.92 Å². The first kappa shape index (κ1) is 55.5. The van der Waals surface area contributed by atoms with Crippen LogP contribution in [0.5, 0.6) is 0 Å². The Kier molecular flexibility index (Phi) is 34.8. The van der Waals surface area contributed by atoms with Crippen LogP contribution in [0.1, 0.15) is 130 Å². The van der Waals surface area contributed by atoms with E-state index in [1.807, 2.05) is 54.7 Å². The normalized spacial score (nSPS) is 15.5. The first-order valence-corrected chi connectivity index (χ1v) is 23.6. The number of rotatable bonds is 37. The molecule has 0 saturated heterocycles. The molecule has 0 bridgehead atoms. The Labute approximate surface area is 347 Å². The second kappa shape index (κ2) is 36.4. The van der Waals surface area contributed by atoms with Gasteiger partial charge in [0.2, 0.25) is 0 Å². The first-order chi connectivity index (χ1) is 27.6. The molecule has 0 aromatic rings. The Bertz CT molecular complexity index is 1330. The number of unbranched alkanes of at least 4 members (excludes halogenated alkanes) is 7. The van der Waals surface area contributed by atoms with E-state index in [2.05, 4.69) is 42.0 Å². The molecule has 0 heterocycles. The molecule has 0 aliphatic rings. The summed E-state index contributed by atoms with van der Waals surface area (Å²) in [4.78, 5) is 52.5. The quantitative estimate of drug-likeness (QED) is 0.0130. The molecular formula is C42H72O14P2. The second-order valence-corrected chi connectivity index (χ2v) is 16.9. The van der Waals surface area contributed by atoms with Crippen molar-refractivity contribution in [2.75, 3.05) is 26.4 Å². The van der Waals surface area contributed by atoms with Gasteiger partial charge in [0.05, 0.1) is 25.9 Å². The van der Waals surface area contributed by atoms with Gasteiger partial charge >= 0.3 is 27.6 Å². The van der Waals surface area contributed by atoms with Crippen LogP contribution < -0.4 is 0 Å². The summed E-state index contributed by atoms with van der Waals surface area (Å²) in [7, 11) is -9.71. The minimum atomic E-state index is -4.88. The van der Waals surface area contributed by atoms with Gasteiger partial charge in [-0.3, -0.25) is 23.2 Å². The molecule has 0 radical (unpaired) electrons. The van der Waals surface area contributed by atoms with Gasteiger partial charge in [0.15, 0.2) is 6.10 Å². The molecule has 4 atom stereocenters. The second-order valence-electron chi connectivity index (χ2n) is 14.2. The number of carbonyl (C=O) groups is 2. The molecule has 0 amide bonds. The molecule has 5 N–H and O–H groups in total. The highest BCUT2D eigenvalue weighted by Crippen LogP contribution is 2.43. The fraction of sp³-hybridized carbons (Fsp3) is 0.667. The van der Waals surface area contributed by atoms with Crippen molar-refractivity contribution in [1.29, 1.82) is 0 Å².